The lowest BCUT2D eigenvalue weighted by Crippen LogP contribution is -2.04. The van der Waals surface area contributed by atoms with Gasteiger partial charge in [0, 0.05) is 0 Å². The zero-order chi connectivity index (χ0) is 15.4. The Bertz CT molecular complexity index is 769. The SMILES string of the molecule is Cc1ccc(C[C@H](C#N)Sc2n[nH]c(-c3cccs3)n2)cc1. The van der Waals surface area contributed by atoms with Crippen LogP contribution in [-0.2, 0) is 6.42 Å². The first-order valence-corrected chi connectivity index (χ1v) is 8.58. The summed E-state index contributed by atoms with van der Waals surface area (Å²) in [7, 11) is 0. The van der Waals surface area contributed by atoms with Crippen LogP contribution >= 0.6 is 23.1 Å². The van der Waals surface area contributed by atoms with Crippen LogP contribution in [-0.4, -0.2) is 20.4 Å². The first-order valence-electron chi connectivity index (χ1n) is 6.82. The van der Waals surface area contributed by atoms with E-state index in [1.165, 1.54) is 17.3 Å². The Morgan fingerprint density at radius 3 is 2.82 bits per heavy atom. The summed E-state index contributed by atoms with van der Waals surface area (Å²) in [5.74, 6) is 0.754. The molecule has 1 aromatic carbocycles. The number of benzene rings is 1. The van der Waals surface area contributed by atoms with E-state index in [1.54, 1.807) is 11.3 Å². The number of hydrogen-bond acceptors (Lipinski definition) is 5. The summed E-state index contributed by atoms with van der Waals surface area (Å²) < 4.78 is 0. The van der Waals surface area contributed by atoms with Crippen molar-refractivity contribution >= 4 is 23.1 Å². The van der Waals surface area contributed by atoms with Gasteiger partial charge in [-0.25, -0.2) is 4.98 Å². The van der Waals surface area contributed by atoms with E-state index in [-0.39, 0.29) is 5.25 Å². The molecule has 0 spiro atoms. The summed E-state index contributed by atoms with van der Waals surface area (Å²) in [4.78, 5) is 5.50. The number of thioether (sulfide) groups is 1. The maximum atomic E-state index is 9.36. The number of rotatable bonds is 5. The van der Waals surface area contributed by atoms with Gasteiger partial charge in [0.05, 0.1) is 10.9 Å². The number of thiophene rings is 1. The molecule has 0 unspecified atom stereocenters. The van der Waals surface area contributed by atoms with E-state index >= 15 is 0 Å². The maximum absolute atomic E-state index is 9.36. The minimum Gasteiger partial charge on any atom is -0.257 e. The van der Waals surface area contributed by atoms with Crippen LogP contribution in [0.4, 0.5) is 0 Å². The maximum Gasteiger partial charge on any atom is 0.210 e. The van der Waals surface area contributed by atoms with Crippen molar-refractivity contribution in [2.45, 2.75) is 23.8 Å². The smallest absolute Gasteiger partial charge is 0.210 e. The second kappa shape index (κ2) is 6.77. The third kappa shape index (κ3) is 3.56. The lowest BCUT2D eigenvalue weighted by molar-refractivity contribution is 0.954. The number of aryl methyl sites for hydroxylation is 1. The summed E-state index contributed by atoms with van der Waals surface area (Å²) >= 11 is 3.01. The number of H-pyrrole nitrogens is 1. The fourth-order valence-electron chi connectivity index (χ4n) is 2.00. The Balaban J connectivity index is 1.68. The van der Waals surface area contributed by atoms with Gasteiger partial charge in [0.25, 0.3) is 0 Å². The highest BCUT2D eigenvalue weighted by Crippen LogP contribution is 2.26. The van der Waals surface area contributed by atoms with Gasteiger partial charge in [-0.3, -0.25) is 5.10 Å². The topological polar surface area (TPSA) is 65.4 Å². The van der Waals surface area contributed by atoms with Crippen LogP contribution in [0, 0.1) is 18.3 Å². The summed E-state index contributed by atoms with van der Waals surface area (Å²) in [5.41, 5.74) is 2.37. The predicted molar refractivity (Wildman–Crippen MR) is 89.8 cm³/mol. The molecule has 4 nitrogen and oxygen atoms in total. The molecule has 6 heteroatoms. The van der Waals surface area contributed by atoms with Crippen molar-refractivity contribution in [2.24, 2.45) is 0 Å². The Kier molecular flexibility index (Phi) is 4.56. The van der Waals surface area contributed by atoms with E-state index in [0.29, 0.717) is 11.6 Å². The number of aromatic amines is 1. The number of aromatic nitrogens is 3. The average molecular weight is 326 g/mol. The van der Waals surface area contributed by atoms with Gasteiger partial charge in [0.15, 0.2) is 5.82 Å². The highest BCUT2D eigenvalue weighted by molar-refractivity contribution is 8.00. The van der Waals surface area contributed by atoms with Gasteiger partial charge in [-0.1, -0.05) is 47.7 Å². The molecule has 110 valence electrons. The second-order valence-corrected chi connectivity index (χ2v) is 6.99. The van der Waals surface area contributed by atoms with E-state index in [0.717, 1.165) is 16.3 Å². The van der Waals surface area contributed by atoms with Gasteiger partial charge >= 0.3 is 0 Å². The Labute approximate surface area is 137 Å². The molecule has 0 aliphatic carbocycles. The first kappa shape index (κ1) is 14.8. The summed E-state index contributed by atoms with van der Waals surface area (Å²) in [6, 6.07) is 14.6. The lowest BCUT2D eigenvalue weighted by atomic mass is 10.1. The normalized spacial score (nSPS) is 12.0. The lowest BCUT2D eigenvalue weighted by Gasteiger charge is -2.06. The molecule has 0 aliphatic rings. The van der Waals surface area contributed by atoms with Gasteiger partial charge in [-0.05, 0) is 30.4 Å². The van der Waals surface area contributed by atoms with E-state index < -0.39 is 0 Å². The van der Waals surface area contributed by atoms with Crippen LogP contribution in [0.3, 0.4) is 0 Å². The first-order chi connectivity index (χ1) is 10.7. The molecule has 0 bridgehead atoms. The Hall–Kier alpha value is -2.10. The van der Waals surface area contributed by atoms with Crippen molar-refractivity contribution in [3.05, 3.63) is 52.9 Å². The highest BCUT2D eigenvalue weighted by atomic mass is 32.2. The Morgan fingerprint density at radius 1 is 1.32 bits per heavy atom. The van der Waals surface area contributed by atoms with Gasteiger partial charge in [-0.2, -0.15) is 5.26 Å². The van der Waals surface area contributed by atoms with Crippen LogP contribution in [0.1, 0.15) is 11.1 Å². The fourth-order valence-corrected chi connectivity index (χ4v) is 3.49. The van der Waals surface area contributed by atoms with Gasteiger partial charge in [0.2, 0.25) is 5.16 Å². The van der Waals surface area contributed by atoms with Crippen LogP contribution in [0.25, 0.3) is 10.7 Å². The highest BCUT2D eigenvalue weighted by Gasteiger charge is 2.15. The summed E-state index contributed by atoms with van der Waals surface area (Å²) in [6.45, 7) is 2.06. The zero-order valence-corrected chi connectivity index (χ0v) is 13.6. The van der Waals surface area contributed by atoms with Crippen LogP contribution in [0.2, 0.25) is 0 Å². The molecule has 22 heavy (non-hydrogen) atoms. The molecular weight excluding hydrogens is 312 g/mol. The van der Waals surface area contributed by atoms with Crippen molar-refractivity contribution in [1.29, 1.82) is 5.26 Å². The molecule has 0 fully saturated rings. The van der Waals surface area contributed by atoms with Crippen LogP contribution in [0.15, 0.2) is 46.9 Å². The molecule has 0 aliphatic heterocycles. The summed E-state index contributed by atoms with van der Waals surface area (Å²) in [6.07, 6.45) is 0.685. The van der Waals surface area contributed by atoms with Gasteiger partial charge in [-0.15, -0.1) is 16.4 Å². The Morgan fingerprint density at radius 2 is 2.14 bits per heavy atom. The molecule has 2 heterocycles. The largest absolute Gasteiger partial charge is 0.257 e. The standard InChI is InChI=1S/C16H14N4S2/c1-11-4-6-12(7-5-11)9-13(10-17)22-16-18-15(19-20-16)14-3-2-8-21-14/h2-8,13H,9H2,1H3,(H,18,19,20)/t13-/m1/s1. The van der Waals surface area contributed by atoms with Crippen molar-refractivity contribution in [2.75, 3.05) is 0 Å². The monoisotopic (exact) mass is 326 g/mol. The molecule has 0 saturated carbocycles. The molecule has 2 aromatic heterocycles. The average Bonchev–Trinajstić information content (AvgIpc) is 3.19. The minimum atomic E-state index is -0.199. The van der Waals surface area contributed by atoms with Crippen molar-refractivity contribution in [3.8, 4) is 16.8 Å². The fraction of sp³-hybridized carbons (Fsp3) is 0.188. The van der Waals surface area contributed by atoms with E-state index in [4.69, 9.17) is 0 Å². The second-order valence-electron chi connectivity index (χ2n) is 4.87. The quantitative estimate of drug-likeness (QED) is 0.718. The number of nitriles is 1. The van der Waals surface area contributed by atoms with E-state index in [9.17, 15) is 5.26 Å². The predicted octanol–water partition coefficient (Wildman–Crippen LogP) is 4.07. The van der Waals surface area contributed by atoms with Crippen LogP contribution in [0.5, 0.6) is 0 Å². The molecule has 1 N–H and O–H groups in total. The third-order valence-corrected chi connectivity index (χ3v) is 4.98. The molecule has 1 atom stereocenters. The third-order valence-electron chi connectivity index (χ3n) is 3.15. The molecule has 0 radical (unpaired) electrons. The number of nitrogens with one attached hydrogen (secondary N) is 1. The molecule has 3 rings (SSSR count). The summed E-state index contributed by atoms with van der Waals surface area (Å²) in [5, 5.41) is 18.9. The number of hydrogen-bond donors (Lipinski definition) is 1. The molecule has 0 amide bonds. The molecule has 0 saturated heterocycles. The van der Waals surface area contributed by atoms with Gasteiger partial charge in [0.1, 0.15) is 5.25 Å². The zero-order valence-electron chi connectivity index (χ0n) is 12.0. The van der Waals surface area contributed by atoms with Gasteiger partial charge < -0.3 is 0 Å². The molecule has 3 aromatic rings. The number of nitrogens with zero attached hydrogens (tertiary/aromatic N) is 3. The van der Waals surface area contributed by atoms with E-state index in [1.807, 2.05) is 17.5 Å². The van der Waals surface area contributed by atoms with Crippen molar-refractivity contribution < 1.29 is 0 Å². The van der Waals surface area contributed by atoms with Crippen LogP contribution < -0.4 is 0 Å². The van der Waals surface area contributed by atoms with Crippen molar-refractivity contribution in [3.63, 3.8) is 0 Å². The minimum absolute atomic E-state index is 0.199. The van der Waals surface area contributed by atoms with Crippen molar-refractivity contribution in [1.82, 2.24) is 15.2 Å². The molecular formula is C16H14N4S2. The van der Waals surface area contributed by atoms with E-state index in [2.05, 4.69) is 52.4 Å².